The molecule has 1 aromatic carbocycles. The maximum atomic E-state index is 12.4. The first-order valence-electron chi connectivity index (χ1n) is 10.0. The molecule has 2 aliphatic rings. The zero-order chi connectivity index (χ0) is 23.4. The molecular formula is C22H21N3O7S. The van der Waals surface area contributed by atoms with Gasteiger partial charge in [-0.1, -0.05) is 18.2 Å². The Hall–Kier alpha value is -3.86. The molecule has 172 valence electrons. The van der Waals surface area contributed by atoms with E-state index in [1.807, 2.05) is 30.1 Å². The van der Waals surface area contributed by atoms with Crippen LogP contribution < -0.4 is 15.0 Å². The number of nitrogens with zero attached hydrogens (tertiary/aromatic N) is 2. The van der Waals surface area contributed by atoms with Crippen molar-refractivity contribution < 1.29 is 32.3 Å². The molecular weight excluding hydrogens is 450 g/mol. The first kappa shape index (κ1) is 22.3. The lowest BCUT2D eigenvalue weighted by Gasteiger charge is -2.36. The average Bonchev–Trinajstić information content (AvgIpc) is 2.93. The van der Waals surface area contributed by atoms with Gasteiger partial charge >= 0.3 is 17.2 Å². The lowest BCUT2D eigenvalue weighted by Crippen LogP contribution is -2.29. The number of imide groups is 1. The highest BCUT2D eigenvalue weighted by molar-refractivity contribution is 8.40. The predicted octanol–water partition coefficient (Wildman–Crippen LogP) is 2.05. The Bertz CT molecular complexity index is 1080. The number of hydrogen-bond donors (Lipinski definition) is 1. The number of pyridine rings is 1. The predicted molar refractivity (Wildman–Crippen MR) is 119 cm³/mol. The summed E-state index contributed by atoms with van der Waals surface area (Å²) in [5.74, 6) is -1.02. The number of amides is 2. The number of hydrogen-bond acceptors (Lipinski definition) is 9. The highest BCUT2D eigenvalue weighted by Crippen LogP contribution is 2.60. The number of nitrogens with one attached hydrogen (secondary N) is 1. The highest BCUT2D eigenvalue weighted by Gasteiger charge is 2.55. The summed E-state index contributed by atoms with van der Waals surface area (Å²) in [4.78, 5) is 54.9. The fraction of sp³-hybridized carbons (Fsp3) is 0.227. The summed E-state index contributed by atoms with van der Waals surface area (Å²) in [6.45, 7) is 1.05. The molecule has 1 unspecified atom stereocenters. The Labute approximate surface area is 191 Å². The van der Waals surface area contributed by atoms with E-state index in [4.69, 9.17) is 13.1 Å². The van der Waals surface area contributed by atoms with Gasteiger partial charge in [-0.2, -0.15) is 0 Å². The molecule has 2 aliphatic heterocycles. The van der Waals surface area contributed by atoms with Crippen LogP contribution in [0.2, 0.25) is 0 Å². The van der Waals surface area contributed by atoms with Gasteiger partial charge in [-0.05, 0) is 40.4 Å². The topological polar surface area (TPSA) is 124 Å². The van der Waals surface area contributed by atoms with E-state index in [1.54, 1.807) is 30.5 Å². The van der Waals surface area contributed by atoms with Crippen molar-refractivity contribution in [2.45, 2.75) is 11.7 Å². The van der Waals surface area contributed by atoms with Crippen LogP contribution in [0.1, 0.15) is 5.56 Å². The number of rotatable bonds is 7. The number of anilines is 1. The third kappa shape index (κ3) is 4.82. The van der Waals surface area contributed by atoms with E-state index in [1.165, 1.54) is 0 Å². The molecule has 1 atom stereocenters. The van der Waals surface area contributed by atoms with Crippen molar-refractivity contribution >= 4 is 39.5 Å². The summed E-state index contributed by atoms with van der Waals surface area (Å²) in [5, 5.41) is 0.0774. The van der Waals surface area contributed by atoms with Crippen molar-refractivity contribution in [2.24, 2.45) is 0 Å². The number of ether oxygens (including phenoxy) is 1. The minimum atomic E-state index is -3.43. The van der Waals surface area contributed by atoms with Gasteiger partial charge in [0.25, 0.3) is 5.91 Å². The second-order valence-corrected chi connectivity index (χ2v) is 9.62. The Morgan fingerprint density at radius 2 is 1.73 bits per heavy atom. The molecule has 3 heterocycles. The number of carbonyl (C=O) groups is 4. The van der Waals surface area contributed by atoms with Crippen molar-refractivity contribution in [3.05, 3.63) is 66.4 Å². The van der Waals surface area contributed by atoms with E-state index in [2.05, 4.69) is 10.3 Å². The van der Waals surface area contributed by atoms with Gasteiger partial charge in [0, 0.05) is 31.8 Å². The smallest absolute Gasteiger partial charge is 0.359 e. The van der Waals surface area contributed by atoms with Crippen LogP contribution in [0.25, 0.3) is 0 Å². The van der Waals surface area contributed by atoms with Gasteiger partial charge in [0.1, 0.15) is 18.2 Å². The molecule has 11 heteroatoms. The van der Waals surface area contributed by atoms with E-state index in [9.17, 15) is 19.2 Å². The summed E-state index contributed by atoms with van der Waals surface area (Å²) in [6, 6.07) is 12.6. The van der Waals surface area contributed by atoms with E-state index >= 15 is 0 Å². The van der Waals surface area contributed by atoms with Crippen LogP contribution >= 0.6 is 10.6 Å². The summed E-state index contributed by atoms with van der Waals surface area (Å²) in [6.07, 6.45) is 3.50. The Morgan fingerprint density at radius 1 is 1.03 bits per heavy atom. The molecule has 0 saturated carbocycles. The van der Waals surface area contributed by atoms with Crippen molar-refractivity contribution in [1.29, 1.82) is 0 Å². The molecule has 2 aromatic rings. The van der Waals surface area contributed by atoms with Crippen molar-refractivity contribution in [3.8, 4) is 5.75 Å². The minimum Gasteiger partial charge on any atom is -0.492 e. The molecule has 1 fully saturated rings. The van der Waals surface area contributed by atoms with Gasteiger partial charge < -0.3 is 18.0 Å². The number of benzene rings is 1. The zero-order valence-electron chi connectivity index (χ0n) is 17.6. The van der Waals surface area contributed by atoms with E-state index < -0.39 is 38.9 Å². The van der Waals surface area contributed by atoms with E-state index in [0.29, 0.717) is 24.5 Å². The Kier molecular flexibility index (Phi) is 6.31. The lowest BCUT2D eigenvalue weighted by molar-refractivity contribution is -0.129. The highest BCUT2D eigenvalue weighted by atomic mass is 32.3. The van der Waals surface area contributed by atoms with Crippen molar-refractivity contribution in [1.82, 2.24) is 10.3 Å². The largest absolute Gasteiger partial charge is 0.492 e. The molecule has 1 saturated heterocycles. The maximum absolute atomic E-state index is 12.4. The second-order valence-electron chi connectivity index (χ2n) is 7.25. The lowest BCUT2D eigenvalue weighted by atomic mass is 10.1. The van der Waals surface area contributed by atoms with Gasteiger partial charge in [0.15, 0.2) is 5.25 Å². The van der Waals surface area contributed by atoms with Crippen LogP contribution in [0.5, 0.6) is 5.75 Å². The van der Waals surface area contributed by atoms with Crippen molar-refractivity contribution in [2.75, 3.05) is 25.1 Å². The van der Waals surface area contributed by atoms with Crippen LogP contribution in [0.3, 0.4) is 0 Å². The summed E-state index contributed by atoms with van der Waals surface area (Å²) in [7, 11) is -1.51. The maximum Gasteiger partial charge on any atom is 0.359 e. The molecule has 1 aromatic heterocycles. The quantitative estimate of drug-likeness (QED) is 0.646. The summed E-state index contributed by atoms with van der Waals surface area (Å²) in [5.41, 5.74) is 0.680. The average molecular weight is 471 g/mol. The number of carbonyl (C=O) groups excluding carboxylic acids is 4. The third-order valence-corrected chi connectivity index (χ3v) is 7.57. The summed E-state index contributed by atoms with van der Waals surface area (Å²) >= 11 is 0. The number of aromatic nitrogens is 1. The molecule has 10 nitrogen and oxygen atoms in total. The van der Waals surface area contributed by atoms with Gasteiger partial charge in [0.2, 0.25) is 0 Å². The van der Waals surface area contributed by atoms with E-state index in [0.717, 1.165) is 18.0 Å². The monoisotopic (exact) mass is 471 g/mol. The van der Waals surface area contributed by atoms with Crippen LogP contribution in [-0.2, 0) is 29.2 Å². The fourth-order valence-electron chi connectivity index (χ4n) is 3.30. The molecule has 2 amide bonds. The molecule has 0 bridgehead atoms. The third-order valence-electron chi connectivity index (χ3n) is 5.00. The summed E-state index contributed by atoms with van der Waals surface area (Å²) < 4.78 is 16.1. The van der Waals surface area contributed by atoms with Gasteiger partial charge in [-0.3, -0.25) is 10.1 Å². The fourth-order valence-corrected chi connectivity index (χ4v) is 5.57. The van der Waals surface area contributed by atoms with Crippen LogP contribution in [0.15, 0.2) is 60.8 Å². The van der Waals surface area contributed by atoms with Gasteiger partial charge in [-0.25, -0.2) is 19.4 Å². The molecule has 1 N–H and O–H groups in total. The van der Waals surface area contributed by atoms with Crippen LogP contribution in [-0.4, -0.2) is 53.5 Å². The second kappa shape index (κ2) is 9.33. The van der Waals surface area contributed by atoms with Crippen molar-refractivity contribution in [3.63, 3.8) is 0 Å². The molecule has 1 spiro atoms. The minimum absolute atomic E-state index is 0.0379. The Morgan fingerprint density at radius 3 is 2.36 bits per heavy atom. The first-order chi connectivity index (χ1) is 15.9. The molecule has 0 aliphatic carbocycles. The van der Waals surface area contributed by atoms with E-state index in [-0.39, 0.29) is 6.42 Å². The Balaban J connectivity index is 1.39. The zero-order valence-corrected chi connectivity index (χ0v) is 18.4. The molecule has 33 heavy (non-hydrogen) atoms. The van der Waals surface area contributed by atoms with Crippen LogP contribution in [0.4, 0.5) is 10.6 Å². The molecule has 4 rings (SSSR count). The molecule has 0 radical (unpaired) electrons. The SMILES string of the molecule is CN(CCOc1ccc(CC2C(=O)NC(=O)S23OC(=O)C=CC(=O)O3)cc1)c1ccccn1. The standard InChI is InChI=1S/C22H21N3O7S/c1-25(18-4-2-3-11-23-18)12-13-30-16-7-5-15(6-8-16)14-17-21(28)24-22(29)33(17)31-19(26)9-10-20(27)32-33/h2-11,17H,12-14H2,1H3,(H,24,28,29). The first-order valence-corrected chi connectivity index (χ1v) is 11.6. The van der Waals surface area contributed by atoms with Gasteiger partial charge in [0.05, 0.1) is 6.54 Å². The number of likely N-dealkylation sites (N-methyl/N-ethyl adjacent to an activating group) is 1. The van der Waals surface area contributed by atoms with Crippen LogP contribution in [0, 0.1) is 0 Å². The van der Waals surface area contributed by atoms with Gasteiger partial charge in [-0.15, -0.1) is 0 Å². The normalized spacial score (nSPS) is 20.0.